The van der Waals surface area contributed by atoms with Crippen LogP contribution in [-0.4, -0.2) is 18.2 Å². The Morgan fingerprint density at radius 1 is 0.926 bits per heavy atom. The van der Waals surface area contributed by atoms with Gasteiger partial charge in [0.05, 0.1) is 6.10 Å². The molecule has 0 aliphatic carbocycles. The van der Waals surface area contributed by atoms with Gasteiger partial charge < -0.3 is 9.47 Å². The van der Waals surface area contributed by atoms with Gasteiger partial charge in [0.15, 0.2) is 6.10 Å². The van der Waals surface area contributed by atoms with E-state index >= 15 is 0 Å². The summed E-state index contributed by atoms with van der Waals surface area (Å²) in [5.74, 6) is 0.458. The lowest BCUT2D eigenvalue weighted by atomic mass is 10.0. The average Bonchev–Trinajstić information content (AvgIpc) is 2.65. The zero-order chi connectivity index (χ0) is 19.2. The molecule has 3 heteroatoms. The average molecular weight is 364 g/mol. The molecule has 1 unspecified atom stereocenters. The van der Waals surface area contributed by atoms with E-state index in [1.807, 2.05) is 38.1 Å². The molecule has 0 amide bonds. The topological polar surface area (TPSA) is 35.5 Å². The number of rotatable bonds is 8. The van der Waals surface area contributed by atoms with Crippen LogP contribution in [0, 0.1) is 0 Å². The third kappa shape index (κ3) is 4.79. The monoisotopic (exact) mass is 364 g/mol. The Balaban J connectivity index is 1.93. The number of hydrogen-bond donors (Lipinski definition) is 0. The second kappa shape index (κ2) is 8.90. The van der Waals surface area contributed by atoms with Crippen molar-refractivity contribution in [1.82, 2.24) is 0 Å². The first kappa shape index (κ1) is 19.2. The van der Waals surface area contributed by atoms with Gasteiger partial charge in [0.2, 0.25) is 0 Å². The molecule has 0 aliphatic heterocycles. The normalized spacial score (nSPS) is 12.4. The fourth-order valence-corrected chi connectivity index (χ4v) is 3.31. The summed E-state index contributed by atoms with van der Waals surface area (Å²) in [6.07, 6.45) is 3.08. The molecule has 0 saturated heterocycles. The third-order valence-corrected chi connectivity index (χ3v) is 4.66. The van der Waals surface area contributed by atoms with Crippen LogP contribution < -0.4 is 4.74 Å². The summed E-state index contributed by atoms with van der Waals surface area (Å²) >= 11 is 0. The Labute approximate surface area is 161 Å². The zero-order valence-corrected chi connectivity index (χ0v) is 16.4. The number of ether oxygens (including phenoxy) is 2. The van der Waals surface area contributed by atoms with E-state index in [1.54, 1.807) is 0 Å². The predicted molar refractivity (Wildman–Crippen MR) is 111 cm³/mol. The lowest BCUT2D eigenvalue weighted by Crippen LogP contribution is -2.31. The van der Waals surface area contributed by atoms with Crippen LogP contribution in [0.1, 0.15) is 46.5 Å². The van der Waals surface area contributed by atoms with Gasteiger partial charge >= 0.3 is 5.97 Å². The molecule has 0 N–H and O–H groups in total. The maximum Gasteiger partial charge on any atom is 0.347 e. The summed E-state index contributed by atoms with van der Waals surface area (Å²) in [6.45, 7) is 5.88. The van der Waals surface area contributed by atoms with Crippen molar-refractivity contribution in [2.45, 2.75) is 58.7 Å². The molecule has 142 valence electrons. The Hall–Kier alpha value is -2.55. The Morgan fingerprint density at radius 2 is 1.63 bits per heavy atom. The Morgan fingerprint density at radius 3 is 2.33 bits per heavy atom. The second-order valence-electron chi connectivity index (χ2n) is 7.26. The second-order valence-corrected chi connectivity index (χ2v) is 7.26. The molecule has 3 rings (SSSR count). The molecule has 0 heterocycles. The van der Waals surface area contributed by atoms with E-state index in [1.165, 1.54) is 5.39 Å². The van der Waals surface area contributed by atoms with Gasteiger partial charge in [-0.15, -0.1) is 0 Å². The van der Waals surface area contributed by atoms with E-state index in [9.17, 15) is 4.79 Å². The van der Waals surface area contributed by atoms with Gasteiger partial charge in [0.25, 0.3) is 0 Å². The van der Waals surface area contributed by atoms with Crippen molar-refractivity contribution in [3.63, 3.8) is 0 Å². The first-order chi connectivity index (χ1) is 13.1. The molecule has 0 fully saturated rings. The van der Waals surface area contributed by atoms with E-state index < -0.39 is 6.10 Å². The number of carbonyl (C=O) groups is 1. The maximum absolute atomic E-state index is 12.6. The fraction of sp³-hybridized carbons (Fsp3) is 0.375. The molecule has 0 aliphatic rings. The molecule has 0 spiro atoms. The molecule has 3 aromatic carbocycles. The number of fused-ring (bicyclic) bond motifs is 2. The van der Waals surface area contributed by atoms with Gasteiger partial charge in [0, 0.05) is 5.39 Å². The van der Waals surface area contributed by atoms with E-state index in [-0.39, 0.29) is 12.1 Å². The van der Waals surface area contributed by atoms with Crippen molar-refractivity contribution < 1.29 is 14.3 Å². The highest BCUT2D eigenvalue weighted by molar-refractivity contribution is 6.01. The molecule has 0 bridgehead atoms. The molecule has 3 nitrogen and oxygen atoms in total. The van der Waals surface area contributed by atoms with Gasteiger partial charge in [-0.05, 0) is 61.0 Å². The number of unbranched alkanes of at least 4 members (excludes halogenated alkanes) is 2. The van der Waals surface area contributed by atoms with Crippen molar-refractivity contribution in [3.8, 4) is 5.75 Å². The summed E-state index contributed by atoms with van der Waals surface area (Å²) in [5.41, 5.74) is 0. The summed E-state index contributed by atoms with van der Waals surface area (Å²) < 4.78 is 11.6. The first-order valence-electron chi connectivity index (χ1n) is 9.87. The van der Waals surface area contributed by atoms with Crippen molar-refractivity contribution in [2.75, 3.05) is 0 Å². The third-order valence-electron chi connectivity index (χ3n) is 4.66. The van der Waals surface area contributed by atoms with Crippen LogP contribution in [0.3, 0.4) is 0 Å². The van der Waals surface area contributed by atoms with Crippen LogP contribution in [0.15, 0.2) is 54.6 Å². The molecule has 3 aromatic rings. The quantitative estimate of drug-likeness (QED) is 0.268. The number of carbonyl (C=O) groups excluding carboxylic acids is 1. The minimum absolute atomic E-state index is 0.147. The summed E-state index contributed by atoms with van der Waals surface area (Å²) in [5, 5.41) is 4.49. The van der Waals surface area contributed by atoms with Crippen LogP contribution >= 0.6 is 0 Å². The molecule has 0 aromatic heterocycles. The highest BCUT2D eigenvalue weighted by Crippen LogP contribution is 2.31. The van der Waals surface area contributed by atoms with Gasteiger partial charge in [0.1, 0.15) is 5.75 Å². The van der Waals surface area contributed by atoms with E-state index in [4.69, 9.17) is 9.47 Å². The minimum atomic E-state index is -0.573. The van der Waals surface area contributed by atoms with E-state index in [0.717, 1.165) is 41.2 Å². The summed E-state index contributed by atoms with van der Waals surface area (Å²) in [6, 6.07) is 18.6. The van der Waals surface area contributed by atoms with Gasteiger partial charge in [-0.25, -0.2) is 4.79 Å². The maximum atomic E-state index is 12.6. The highest BCUT2D eigenvalue weighted by Gasteiger charge is 2.23. The van der Waals surface area contributed by atoms with Gasteiger partial charge in [-0.3, -0.25) is 0 Å². The zero-order valence-electron chi connectivity index (χ0n) is 16.4. The molecule has 27 heavy (non-hydrogen) atoms. The number of esters is 1. The Bertz CT molecular complexity index is 914. The molecule has 1 atom stereocenters. The SMILES string of the molecule is CCCCCC(Oc1cccc2cc3ccccc3cc12)C(=O)OC(C)C. The van der Waals surface area contributed by atoms with Crippen LogP contribution in [-0.2, 0) is 9.53 Å². The van der Waals surface area contributed by atoms with Crippen molar-refractivity contribution in [2.24, 2.45) is 0 Å². The first-order valence-corrected chi connectivity index (χ1v) is 9.87. The van der Waals surface area contributed by atoms with Crippen molar-refractivity contribution >= 4 is 27.5 Å². The van der Waals surface area contributed by atoms with E-state index in [0.29, 0.717) is 6.42 Å². The fourth-order valence-electron chi connectivity index (χ4n) is 3.31. The number of hydrogen-bond acceptors (Lipinski definition) is 3. The van der Waals surface area contributed by atoms with Gasteiger partial charge in [-0.2, -0.15) is 0 Å². The predicted octanol–water partition coefficient (Wildman–Crippen LogP) is 6.27. The Kier molecular flexibility index (Phi) is 6.33. The largest absolute Gasteiger partial charge is 0.478 e. The summed E-state index contributed by atoms with van der Waals surface area (Å²) in [4.78, 5) is 12.6. The summed E-state index contributed by atoms with van der Waals surface area (Å²) in [7, 11) is 0. The smallest absolute Gasteiger partial charge is 0.347 e. The van der Waals surface area contributed by atoms with E-state index in [2.05, 4.69) is 37.3 Å². The molecule has 0 saturated carbocycles. The van der Waals surface area contributed by atoms with Crippen LogP contribution in [0.2, 0.25) is 0 Å². The molecular weight excluding hydrogens is 336 g/mol. The van der Waals surface area contributed by atoms with Crippen molar-refractivity contribution in [1.29, 1.82) is 0 Å². The minimum Gasteiger partial charge on any atom is -0.478 e. The highest BCUT2D eigenvalue weighted by atomic mass is 16.6. The lowest BCUT2D eigenvalue weighted by Gasteiger charge is -2.20. The lowest BCUT2D eigenvalue weighted by molar-refractivity contribution is -0.156. The standard InChI is InChI=1S/C24H28O3/c1-4-5-6-13-23(24(25)26-17(2)3)27-22-14-9-12-20-15-18-10-7-8-11-19(18)16-21(20)22/h7-12,14-17,23H,4-6,13H2,1-3H3. The molecular formula is C24H28O3. The number of benzene rings is 3. The van der Waals surface area contributed by atoms with Gasteiger partial charge in [-0.1, -0.05) is 56.2 Å². The molecule has 0 radical (unpaired) electrons. The van der Waals surface area contributed by atoms with Crippen LogP contribution in [0.5, 0.6) is 5.75 Å². The van der Waals surface area contributed by atoms with Crippen LogP contribution in [0.4, 0.5) is 0 Å². The van der Waals surface area contributed by atoms with Crippen LogP contribution in [0.25, 0.3) is 21.5 Å². The van der Waals surface area contributed by atoms with Crippen molar-refractivity contribution in [3.05, 3.63) is 54.6 Å².